The molecule has 0 aliphatic heterocycles. The van der Waals surface area contributed by atoms with Crippen molar-refractivity contribution in [3.05, 3.63) is 38.3 Å². The van der Waals surface area contributed by atoms with E-state index in [9.17, 15) is 8.42 Å². The Balaban J connectivity index is 2.06. The number of thiophene rings is 1. The molecule has 2 rings (SSSR count). The Morgan fingerprint density at radius 1 is 1.47 bits per heavy atom. The molecule has 0 unspecified atom stereocenters. The van der Waals surface area contributed by atoms with Crippen molar-refractivity contribution < 1.29 is 12.9 Å². The van der Waals surface area contributed by atoms with Crippen LogP contribution < -0.4 is 0 Å². The number of halogens is 1. The molecule has 0 atom stereocenters. The van der Waals surface area contributed by atoms with Gasteiger partial charge in [-0.2, -0.15) is 0 Å². The monoisotopic (exact) mass is 364 g/mol. The van der Waals surface area contributed by atoms with Gasteiger partial charge in [0, 0.05) is 19.7 Å². The largest absolute Gasteiger partial charge is 0.361 e. The van der Waals surface area contributed by atoms with Crippen molar-refractivity contribution in [2.45, 2.75) is 19.2 Å². The van der Waals surface area contributed by atoms with Crippen molar-refractivity contribution in [2.75, 3.05) is 7.05 Å². The van der Waals surface area contributed by atoms with Crippen LogP contribution >= 0.6 is 27.3 Å². The zero-order valence-electron chi connectivity index (χ0n) is 10.5. The Kier molecular flexibility index (Phi) is 4.44. The van der Waals surface area contributed by atoms with Gasteiger partial charge in [-0.15, -0.1) is 11.3 Å². The van der Waals surface area contributed by atoms with E-state index in [0.29, 0.717) is 18.0 Å². The Hall–Kier alpha value is -0.700. The minimum atomic E-state index is -3.39. The van der Waals surface area contributed by atoms with E-state index in [4.69, 9.17) is 4.52 Å². The lowest BCUT2D eigenvalue weighted by Crippen LogP contribution is -2.27. The quantitative estimate of drug-likeness (QED) is 0.818. The first-order chi connectivity index (χ1) is 8.87. The SMILES string of the molecule is Cc1cc(CS(=O)(=O)N(C)Cc2csc(Br)c2)no1. The van der Waals surface area contributed by atoms with E-state index >= 15 is 0 Å². The number of rotatable bonds is 5. The lowest BCUT2D eigenvalue weighted by atomic mass is 10.3. The van der Waals surface area contributed by atoms with Crippen LogP contribution in [0.1, 0.15) is 17.0 Å². The van der Waals surface area contributed by atoms with Gasteiger partial charge in [0.1, 0.15) is 17.2 Å². The molecule has 2 heterocycles. The summed E-state index contributed by atoms with van der Waals surface area (Å²) in [6.45, 7) is 2.08. The van der Waals surface area contributed by atoms with E-state index < -0.39 is 10.0 Å². The van der Waals surface area contributed by atoms with E-state index in [-0.39, 0.29) is 5.75 Å². The molecule has 0 bridgehead atoms. The van der Waals surface area contributed by atoms with Gasteiger partial charge in [0.2, 0.25) is 10.0 Å². The summed E-state index contributed by atoms with van der Waals surface area (Å²) < 4.78 is 31.5. The molecule has 104 valence electrons. The summed E-state index contributed by atoms with van der Waals surface area (Å²) in [6.07, 6.45) is 0. The van der Waals surface area contributed by atoms with Gasteiger partial charge in [0.25, 0.3) is 0 Å². The van der Waals surface area contributed by atoms with Crippen LogP contribution in [0.3, 0.4) is 0 Å². The normalized spacial score (nSPS) is 12.2. The van der Waals surface area contributed by atoms with Crippen molar-refractivity contribution >= 4 is 37.3 Å². The van der Waals surface area contributed by atoms with Gasteiger partial charge in [-0.1, -0.05) is 5.16 Å². The van der Waals surface area contributed by atoms with E-state index in [1.54, 1.807) is 20.0 Å². The van der Waals surface area contributed by atoms with Crippen LogP contribution in [0.25, 0.3) is 0 Å². The third kappa shape index (κ3) is 3.88. The minimum absolute atomic E-state index is 0.147. The van der Waals surface area contributed by atoms with Gasteiger partial charge in [-0.25, -0.2) is 12.7 Å². The summed E-state index contributed by atoms with van der Waals surface area (Å²) in [6, 6.07) is 3.55. The lowest BCUT2D eigenvalue weighted by Gasteiger charge is -2.15. The molecule has 0 aliphatic carbocycles. The molecule has 0 saturated carbocycles. The summed E-state index contributed by atoms with van der Waals surface area (Å²) in [7, 11) is -1.83. The molecule has 0 saturated heterocycles. The molecule has 0 aliphatic rings. The first-order valence-electron chi connectivity index (χ1n) is 5.46. The summed E-state index contributed by atoms with van der Waals surface area (Å²) in [5, 5.41) is 5.64. The number of hydrogen-bond acceptors (Lipinski definition) is 5. The van der Waals surface area contributed by atoms with Crippen LogP contribution in [-0.4, -0.2) is 24.9 Å². The Bertz CT molecular complexity index is 663. The third-order valence-corrected chi connectivity index (χ3v) is 5.80. The Morgan fingerprint density at radius 3 is 2.74 bits per heavy atom. The molecule has 0 amide bonds. The highest BCUT2D eigenvalue weighted by Crippen LogP contribution is 2.22. The second kappa shape index (κ2) is 5.74. The Morgan fingerprint density at radius 2 is 2.21 bits per heavy atom. The van der Waals surface area contributed by atoms with Gasteiger partial charge < -0.3 is 4.52 Å². The molecule has 8 heteroatoms. The molecule has 2 aromatic rings. The molecule has 0 spiro atoms. The topological polar surface area (TPSA) is 63.4 Å². The average Bonchev–Trinajstić information content (AvgIpc) is 2.87. The molecular formula is C11H13BrN2O3S2. The van der Waals surface area contributed by atoms with Gasteiger partial charge in [-0.05, 0) is 39.9 Å². The standard InChI is InChI=1S/C11H13BrN2O3S2/c1-8-3-10(13-17-8)7-19(15,16)14(2)5-9-4-11(12)18-6-9/h3-4,6H,5,7H2,1-2H3. The van der Waals surface area contributed by atoms with Crippen molar-refractivity contribution in [1.82, 2.24) is 9.46 Å². The highest BCUT2D eigenvalue weighted by Gasteiger charge is 2.21. The highest BCUT2D eigenvalue weighted by molar-refractivity contribution is 9.11. The number of hydrogen-bond donors (Lipinski definition) is 0. The third-order valence-electron chi connectivity index (χ3n) is 2.51. The average molecular weight is 365 g/mol. The molecule has 19 heavy (non-hydrogen) atoms. The fourth-order valence-electron chi connectivity index (χ4n) is 1.57. The van der Waals surface area contributed by atoms with Crippen molar-refractivity contribution in [2.24, 2.45) is 0 Å². The van der Waals surface area contributed by atoms with Crippen LogP contribution in [-0.2, 0) is 22.3 Å². The zero-order valence-corrected chi connectivity index (χ0v) is 13.7. The van der Waals surface area contributed by atoms with E-state index in [2.05, 4.69) is 21.1 Å². The van der Waals surface area contributed by atoms with Gasteiger partial charge in [0.05, 0.1) is 3.79 Å². The molecule has 5 nitrogen and oxygen atoms in total. The van der Waals surface area contributed by atoms with E-state index in [1.165, 1.54) is 15.6 Å². The van der Waals surface area contributed by atoms with Crippen LogP contribution in [0.15, 0.2) is 25.8 Å². The molecule has 2 aromatic heterocycles. The maximum absolute atomic E-state index is 12.2. The lowest BCUT2D eigenvalue weighted by molar-refractivity contribution is 0.391. The zero-order chi connectivity index (χ0) is 14.0. The molecule has 0 N–H and O–H groups in total. The predicted octanol–water partition coefficient (Wildman–Crippen LogP) is 2.77. The van der Waals surface area contributed by atoms with Crippen LogP contribution in [0, 0.1) is 6.92 Å². The van der Waals surface area contributed by atoms with Crippen molar-refractivity contribution in [3.63, 3.8) is 0 Å². The second-order valence-corrected chi connectivity index (χ2v) is 8.57. The van der Waals surface area contributed by atoms with E-state index in [0.717, 1.165) is 9.35 Å². The van der Waals surface area contributed by atoms with Gasteiger partial charge in [-0.3, -0.25) is 0 Å². The molecule has 0 aromatic carbocycles. The molecular weight excluding hydrogens is 352 g/mol. The van der Waals surface area contributed by atoms with Crippen molar-refractivity contribution in [3.8, 4) is 0 Å². The van der Waals surface area contributed by atoms with E-state index in [1.807, 2.05) is 11.4 Å². The molecule has 0 fully saturated rings. The summed E-state index contributed by atoms with van der Waals surface area (Å²) >= 11 is 4.89. The minimum Gasteiger partial charge on any atom is -0.361 e. The fraction of sp³-hybridized carbons (Fsp3) is 0.364. The number of sulfonamides is 1. The van der Waals surface area contributed by atoms with Crippen LogP contribution in [0.4, 0.5) is 0 Å². The molecule has 0 radical (unpaired) electrons. The van der Waals surface area contributed by atoms with Crippen LogP contribution in [0.5, 0.6) is 0 Å². The maximum atomic E-state index is 12.2. The summed E-state index contributed by atoms with van der Waals surface area (Å²) in [5.41, 5.74) is 1.38. The second-order valence-electron chi connectivity index (χ2n) is 4.20. The first-order valence-corrected chi connectivity index (χ1v) is 8.74. The number of aryl methyl sites for hydroxylation is 1. The number of nitrogens with zero attached hydrogens (tertiary/aromatic N) is 2. The number of aromatic nitrogens is 1. The first kappa shape index (κ1) is 14.7. The maximum Gasteiger partial charge on any atom is 0.220 e. The van der Waals surface area contributed by atoms with Crippen molar-refractivity contribution in [1.29, 1.82) is 0 Å². The smallest absolute Gasteiger partial charge is 0.220 e. The highest BCUT2D eigenvalue weighted by atomic mass is 79.9. The fourth-order valence-corrected chi connectivity index (χ4v) is 3.84. The van der Waals surface area contributed by atoms with Gasteiger partial charge in [0.15, 0.2) is 0 Å². The van der Waals surface area contributed by atoms with Gasteiger partial charge >= 0.3 is 0 Å². The predicted molar refractivity (Wildman–Crippen MR) is 77.3 cm³/mol. The van der Waals surface area contributed by atoms with Crippen LogP contribution in [0.2, 0.25) is 0 Å². The summed E-state index contributed by atoms with van der Waals surface area (Å²) in [4.78, 5) is 0. The summed E-state index contributed by atoms with van der Waals surface area (Å²) in [5.74, 6) is 0.459. The Labute approximate surface area is 124 Å².